The molecule has 64 valence electrons. The van der Waals surface area contributed by atoms with Crippen molar-refractivity contribution >= 4 is 5.78 Å². The second-order valence-electron chi connectivity index (χ2n) is 4.42. The predicted molar refractivity (Wildman–Crippen MR) is 48.7 cm³/mol. The van der Waals surface area contributed by atoms with E-state index in [1.165, 1.54) is 0 Å². The van der Waals surface area contributed by atoms with E-state index in [0.717, 1.165) is 0 Å². The quantitative estimate of drug-likeness (QED) is 0.578. The van der Waals surface area contributed by atoms with Gasteiger partial charge < -0.3 is 0 Å². The molecule has 0 aliphatic heterocycles. The highest BCUT2D eigenvalue weighted by atomic mass is 16.1. The Morgan fingerprint density at radius 2 is 1.75 bits per heavy atom. The molecule has 0 saturated heterocycles. The van der Waals surface area contributed by atoms with Gasteiger partial charge in [-0.1, -0.05) is 38.2 Å². The van der Waals surface area contributed by atoms with Gasteiger partial charge in [0.15, 0.2) is 0 Å². The summed E-state index contributed by atoms with van der Waals surface area (Å²) in [6.07, 6.45) is 8.42. The predicted octanol–water partition coefficient (Wildman–Crippen LogP) is 2.34. The van der Waals surface area contributed by atoms with Crippen LogP contribution in [0.1, 0.15) is 20.8 Å². The smallest absolute Gasteiger partial charge is 0.134 e. The summed E-state index contributed by atoms with van der Waals surface area (Å²) >= 11 is 0. The highest BCUT2D eigenvalue weighted by Crippen LogP contribution is 2.71. The summed E-state index contributed by atoms with van der Waals surface area (Å²) in [4.78, 5) is 11.3. The number of rotatable bonds is 1. The van der Waals surface area contributed by atoms with Crippen molar-refractivity contribution in [3.63, 3.8) is 0 Å². The SMILES string of the molecule is CC(=O)C1C(C)(C)C12C=CC=C2. The van der Waals surface area contributed by atoms with Gasteiger partial charge in [-0.2, -0.15) is 0 Å². The Labute approximate surface area is 73.2 Å². The van der Waals surface area contributed by atoms with E-state index in [2.05, 4.69) is 26.0 Å². The molecule has 0 amide bonds. The fourth-order valence-electron chi connectivity index (χ4n) is 2.78. The van der Waals surface area contributed by atoms with Gasteiger partial charge in [-0.15, -0.1) is 0 Å². The third kappa shape index (κ3) is 0.626. The van der Waals surface area contributed by atoms with Crippen LogP contribution in [0.4, 0.5) is 0 Å². The molecule has 1 heteroatoms. The average Bonchev–Trinajstić information content (AvgIpc) is 2.32. The molecule has 2 rings (SSSR count). The van der Waals surface area contributed by atoms with E-state index in [-0.39, 0.29) is 16.7 Å². The van der Waals surface area contributed by atoms with Crippen LogP contribution >= 0.6 is 0 Å². The fourth-order valence-corrected chi connectivity index (χ4v) is 2.78. The summed E-state index contributed by atoms with van der Waals surface area (Å²) in [5.41, 5.74) is 0.209. The lowest BCUT2D eigenvalue weighted by molar-refractivity contribution is -0.119. The first-order valence-corrected chi connectivity index (χ1v) is 4.40. The Morgan fingerprint density at radius 1 is 1.25 bits per heavy atom. The van der Waals surface area contributed by atoms with Crippen LogP contribution in [0.15, 0.2) is 24.3 Å². The second-order valence-corrected chi connectivity index (χ2v) is 4.42. The first-order chi connectivity index (χ1) is 5.52. The summed E-state index contributed by atoms with van der Waals surface area (Å²) in [6, 6.07) is 0. The lowest BCUT2D eigenvalue weighted by Gasteiger charge is -2.05. The molecule has 0 N–H and O–H groups in total. The minimum absolute atomic E-state index is 0.0683. The van der Waals surface area contributed by atoms with Crippen molar-refractivity contribution in [2.24, 2.45) is 16.7 Å². The van der Waals surface area contributed by atoms with Crippen molar-refractivity contribution in [3.05, 3.63) is 24.3 Å². The Hall–Kier alpha value is -0.850. The standard InChI is InChI=1S/C11H14O/c1-8(12)9-10(2,3)11(9)6-4-5-7-11/h4-7,9H,1-3H3. The zero-order valence-electron chi connectivity index (χ0n) is 7.79. The second kappa shape index (κ2) is 1.90. The van der Waals surface area contributed by atoms with Crippen molar-refractivity contribution < 1.29 is 4.79 Å². The molecule has 0 heterocycles. The van der Waals surface area contributed by atoms with Crippen LogP contribution in [0.2, 0.25) is 0 Å². The van der Waals surface area contributed by atoms with Crippen LogP contribution in [0, 0.1) is 16.7 Å². The first kappa shape index (κ1) is 7.78. The van der Waals surface area contributed by atoms with E-state index < -0.39 is 0 Å². The molecule has 1 saturated carbocycles. The third-order valence-electron chi connectivity index (χ3n) is 3.49. The van der Waals surface area contributed by atoms with Gasteiger partial charge in [0.2, 0.25) is 0 Å². The maximum Gasteiger partial charge on any atom is 0.134 e. The average molecular weight is 162 g/mol. The zero-order chi connectivity index (χ0) is 8.98. The van der Waals surface area contributed by atoms with Crippen LogP contribution in [0.3, 0.4) is 0 Å². The molecular formula is C11H14O. The van der Waals surface area contributed by atoms with Gasteiger partial charge >= 0.3 is 0 Å². The number of ketones is 1. The van der Waals surface area contributed by atoms with Gasteiger partial charge in [0, 0.05) is 11.3 Å². The normalized spacial score (nSPS) is 32.8. The Balaban J connectivity index is 2.38. The molecule has 1 fully saturated rings. The largest absolute Gasteiger partial charge is 0.300 e. The molecular weight excluding hydrogens is 148 g/mol. The minimum Gasteiger partial charge on any atom is -0.300 e. The summed E-state index contributed by atoms with van der Waals surface area (Å²) in [5.74, 6) is 0.524. The molecule has 2 aliphatic carbocycles. The molecule has 0 aromatic carbocycles. The van der Waals surface area contributed by atoms with Gasteiger partial charge in [0.25, 0.3) is 0 Å². The zero-order valence-corrected chi connectivity index (χ0v) is 7.79. The number of hydrogen-bond acceptors (Lipinski definition) is 1. The van der Waals surface area contributed by atoms with Crippen LogP contribution < -0.4 is 0 Å². The van der Waals surface area contributed by atoms with Crippen molar-refractivity contribution in [1.29, 1.82) is 0 Å². The monoisotopic (exact) mass is 162 g/mol. The summed E-state index contributed by atoms with van der Waals surface area (Å²) in [5, 5.41) is 0. The topological polar surface area (TPSA) is 17.1 Å². The number of allylic oxidation sites excluding steroid dienone is 4. The van der Waals surface area contributed by atoms with Gasteiger partial charge in [0.05, 0.1) is 0 Å². The molecule has 1 nitrogen and oxygen atoms in total. The molecule has 0 radical (unpaired) electrons. The highest BCUT2D eigenvalue weighted by molar-refractivity contribution is 5.86. The number of carbonyl (C=O) groups excluding carboxylic acids is 1. The van der Waals surface area contributed by atoms with Crippen LogP contribution in [0.5, 0.6) is 0 Å². The van der Waals surface area contributed by atoms with Crippen molar-refractivity contribution in [2.75, 3.05) is 0 Å². The molecule has 2 aliphatic rings. The number of hydrogen-bond donors (Lipinski definition) is 0. The lowest BCUT2D eigenvalue weighted by Crippen LogP contribution is -2.00. The molecule has 0 aromatic rings. The maximum atomic E-state index is 11.3. The van der Waals surface area contributed by atoms with E-state index >= 15 is 0 Å². The maximum absolute atomic E-state index is 11.3. The molecule has 12 heavy (non-hydrogen) atoms. The van der Waals surface area contributed by atoms with E-state index in [9.17, 15) is 4.79 Å². The number of carbonyl (C=O) groups is 1. The van der Waals surface area contributed by atoms with Crippen LogP contribution in [0.25, 0.3) is 0 Å². The van der Waals surface area contributed by atoms with Crippen LogP contribution in [-0.4, -0.2) is 5.78 Å². The van der Waals surface area contributed by atoms with Gasteiger partial charge in [-0.3, -0.25) is 4.79 Å². The van der Waals surface area contributed by atoms with E-state index in [0.29, 0.717) is 5.78 Å². The van der Waals surface area contributed by atoms with E-state index in [4.69, 9.17) is 0 Å². The van der Waals surface area contributed by atoms with Crippen molar-refractivity contribution in [1.82, 2.24) is 0 Å². The molecule has 0 aromatic heterocycles. The van der Waals surface area contributed by atoms with Gasteiger partial charge in [0.1, 0.15) is 5.78 Å². The molecule has 0 bridgehead atoms. The molecule has 1 spiro atoms. The van der Waals surface area contributed by atoms with Gasteiger partial charge in [-0.25, -0.2) is 0 Å². The lowest BCUT2D eigenvalue weighted by atomic mass is 9.98. The first-order valence-electron chi connectivity index (χ1n) is 4.40. The summed E-state index contributed by atoms with van der Waals surface area (Å²) < 4.78 is 0. The summed E-state index contributed by atoms with van der Waals surface area (Å²) in [6.45, 7) is 6.03. The Morgan fingerprint density at radius 3 is 2.08 bits per heavy atom. The summed E-state index contributed by atoms with van der Waals surface area (Å²) in [7, 11) is 0. The highest BCUT2D eigenvalue weighted by Gasteiger charge is 2.70. The molecule has 1 atom stereocenters. The fraction of sp³-hybridized carbons (Fsp3) is 0.545. The van der Waals surface area contributed by atoms with Crippen molar-refractivity contribution in [2.45, 2.75) is 20.8 Å². The number of Topliss-reactive ketones (excluding diaryl/α,β-unsaturated/α-hetero) is 1. The van der Waals surface area contributed by atoms with Crippen LogP contribution in [-0.2, 0) is 4.79 Å². The van der Waals surface area contributed by atoms with Gasteiger partial charge in [-0.05, 0) is 12.3 Å². The third-order valence-corrected chi connectivity index (χ3v) is 3.49. The Kier molecular flexibility index (Phi) is 1.23. The minimum atomic E-state index is 0.0683. The van der Waals surface area contributed by atoms with E-state index in [1.54, 1.807) is 6.92 Å². The Bertz CT molecular complexity index is 282. The molecule has 1 unspecified atom stereocenters. The van der Waals surface area contributed by atoms with E-state index in [1.807, 2.05) is 12.2 Å². The van der Waals surface area contributed by atoms with Crippen molar-refractivity contribution in [3.8, 4) is 0 Å².